The monoisotopic (exact) mass is 502 g/mol. The highest BCUT2D eigenvalue weighted by molar-refractivity contribution is 7.09. The average Bonchev–Trinajstić information content (AvgIpc) is 3.60. The van der Waals surface area contributed by atoms with Crippen molar-refractivity contribution in [2.45, 2.75) is 31.9 Å². The van der Waals surface area contributed by atoms with Crippen LogP contribution < -0.4 is 10.2 Å². The second kappa shape index (κ2) is 11.1. The van der Waals surface area contributed by atoms with Gasteiger partial charge in [-0.2, -0.15) is 0 Å². The minimum absolute atomic E-state index is 0.0245. The van der Waals surface area contributed by atoms with E-state index >= 15 is 0 Å². The second-order valence-corrected chi connectivity index (χ2v) is 10.2. The summed E-state index contributed by atoms with van der Waals surface area (Å²) in [7, 11) is 1.86. The van der Waals surface area contributed by atoms with E-state index in [0.29, 0.717) is 31.7 Å². The zero-order chi connectivity index (χ0) is 24.9. The van der Waals surface area contributed by atoms with Gasteiger partial charge in [-0.05, 0) is 54.1 Å². The Hall–Kier alpha value is -3.42. The molecule has 186 valence electrons. The van der Waals surface area contributed by atoms with Gasteiger partial charge in [-0.25, -0.2) is 0 Å². The van der Waals surface area contributed by atoms with E-state index in [4.69, 9.17) is 9.47 Å². The summed E-state index contributed by atoms with van der Waals surface area (Å²) < 4.78 is 13.7. The highest BCUT2D eigenvalue weighted by Crippen LogP contribution is 2.21. The Morgan fingerprint density at radius 3 is 2.86 bits per heavy atom. The van der Waals surface area contributed by atoms with Crippen LogP contribution in [0.15, 0.2) is 77.0 Å². The largest absolute Gasteiger partial charge is 0.493 e. The number of thiophene rings is 1. The van der Waals surface area contributed by atoms with Crippen LogP contribution in [0.3, 0.4) is 0 Å². The van der Waals surface area contributed by atoms with Gasteiger partial charge in [-0.1, -0.05) is 30.3 Å². The van der Waals surface area contributed by atoms with Crippen LogP contribution in [-0.2, 0) is 24.8 Å². The maximum Gasteiger partial charge on any atom is 0.259 e. The van der Waals surface area contributed by atoms with Crippen molar-refractivity contribution in [1.82, 2.24) is 9.47 Å². The number of nitrogens with zero attached hydrogens (tertiary/aromatic N) is 2. The predicted molar refractivity (Wildman–Crippen MR) is 143 cm³/mol. The maximum atomic E-state index is 13.8. The number of hydrogen-bond donors (Lipinski definition) is 0. The lowest BCUT2D eigenvalue weighted by Crippen LogP contribution is -2.39. The Morgan fingerprint density at radius 1 is 1.17 bits per heavy atom. The molecule has 36 heavy (non-hydrogen) atoms. The molecule has 1 aliphatic heterocycles. The Morgan fingerprint density at radius 2 is 2.06 bits per heavy atom. The van der Waals surface area contributed by atoms with Gasteiger partial charge >= 0.3 is 0 Å². The molecule has 0 aliphatic carbocycles. The third kappa shape index (κ3) is 5.53. The Labute approximate surface area is 214 Å². The quantitative estimate of drug-likeness (QED) is 0.322. The first-order valence-electron chi connectivity index (χ1n) is 12.3. The number of aromatic nitrogens is 1. The molecule has 0 radical (unpaired) electrons. The molecule has 2 aromatic carbocycles. The number of hydrogen-bond acceptors (Lipinski definition) is 5. The van der Waals surface area contributed by atoms with Crippen molar-refractivity contribution in [1.29, 1.82) is 0 Å². The Bertz CT molecular complexity index is 1390. The molecule has 1 aliphatic rings. The third-order valence-corrected chi connectivity index (χ3v) is 7.47. The van der Waals surface area contributed by atoms with E-state index in [9.17, 15) is 9.59 Å². The summed E-state index contributed by atoms with van der Waals surface area (Å²) >= 11 is 1.73. The van der Waals surface area contributed by atoms with E-state index in [1.54, 1.807) is 28.5 Å². The van der Waals surface area contributed by atoms with Gasteiger partial charge in [0.1, 0.15) is 11.3 Å². The van der Waals surface area contributed by atoms with Crippen LogP contribution in [0, 0.1) is 0 Å². The molecule has 1 amide bonds. The van der Waals surface area contributed by atoms with Crippen LogP contribution in [0.4, 0.5) is 0 Å². The van der Waals surface area contributed by atoms with Crippen LogP contribution in [-0.4, -0.2) is 41.2 Å². The van der Waals surface area contributed by atoms with Gasteiger partial charge in [-0.3, -0.25) is 9.59 Å². The van der Waals surface area contributed by atoms with Crippen molar-refractivity contribution < 1.29 is 14.3 Å². The standard InChI is InChI=1S/C29H30N2O4S/c1-30-20-26(28(32)25-11-2-3-12-27(25)30)29(33)31(19-23-9-5-14-34-23)18-21-7-4-8-22(17-21)35-15-13-24-10-6-16-36-24/h2-4,6-8,10-12,16-17,20,23H,5,9,13-15,18-19H2,1H3. The number of benzene rings is 2. The van der Waals surface area contributed by atoms with Crippen molar-refractivity contribution >= 4 is 28.1 Å². The number of fused-ring (bicyclic) bond motifs is 1. The first-order chi connectivity index (χ1) is 17.6. The number of carbonyl (C=O) groups excluding carboxylic acids is 1. The topological polar surface area (TPSA) is 60.8 Å². The van der Waals surface area contributed by atoms with Crippen LogP contribution >= 0.6 is 11.3 Å². The molecule has 1 saturated heterocycles. The predicted octanol–water partition coefficient (Wildman–Crippen LogP) is 5.04. The van der Waals surface area contributed by atoms with Gasteiger partial charge in [0.05, 0.1) is 18.2 Å². The normalized spacial score (nSPS) is 15.3. The third-order valence-electron chi connectivity index (χ3n) is 6.53. The summed E-state index contributed by atoms with van der Waals surface area (Å²) in [6, 6.07) is 19.4. The first-order valence-corrected chi connectivity index (χ1v) is 13.2. The molecule has 6 nitrogen and oxygen atoms in total. The van der Waals surface area contributed by atoms with Crippen molar-refractivity contribution in [3.8, 4) is 5.75 Å². The average molecular weight is 503 g/mol. The maximum absolute atomic E-state index is 13.8. The molecule has 0 spiro atoms. The van der Waals surface area contributed by atoms with Crippen molar-refractivity contribution in [2.75, 3.05) is 19.8 Å². The smallest absolute Gasteiger partial charge is 0.259 e. The molecule has 1 atom stereocenters. The lowest BCUT2D eigenvalue weighted by Gasteiger charge is -2.26. The van der Waals surface area contributed by atoms with Gasteiger partial charge in [0.2, 0.25) is 5.43 Å². The Balaban J connectivity index is 1.37. The van der Waals surface area contributed by atoms with Crippen molar-refractivity contribution in [3.63, 3.8) is 0 Å². The minimum atomic E-state index is -0.277. The molecule has 0 N–H and O–H groups in total. The summed E-state index contributed by atoms with van der Waals surface area (Å²) in [4.78, 5) is 30.1. The molecule has 0 bridgehead atoms. The summed E-state index contributed by atoms with van der Waals surface area (Å²) in [5.41, 5.74) is 1.69. The number of para-hydroxylation sites is 1. The van der Waals surface area contributed by atoms with E-state index in [0.717, 1.165) is 36.1 Å². The SMILES string of the molecule is Cn1cc(C(=O)N(Cc2cccc(OCCc3cccs3)c2)CC2CCCO2)c(=O)c2ccccc21. The van der Waals surface area contributed by atoms with Crippen molar-refractivity contribution in [2.24, 2.45) is 7.05 Å². The molecule has 1 fully saturated rings. The number of rotatable bonds is 9. The fraction of sp³-hybridized carbons (Fsp3) is 0.310. The number of aryl methyl sites for hydroxylation is 1. The van der Waals surface area contributed by atoms with E-state index in [2.05, 4.69) is 11.4 Å². The van der Waals surface area contributed by atoms with Gasteiger partial charge < -0.3 is 18.9 Å². The van der Waals surface area contributed by atoms with Crippen LogP contribution in [0.1, 0.15) is 33.6 Å². The number of amides is 1. The van der Waals surface area contributed by atoms with Crippen LogP contribution in [0.2, 0.25) is 0 Å². The van der Waals surface area contributed by atoms with E-state index < -0.39 is 0 Å². The molecule has 2 aromatic heterocycles. The fourth-order valence-corrected chi connectivity index (χ4v) is 5.38. The van der Waals surface area contributed by atoms with Crippen LogP contribution in [0.5, 0.6) is 5.75 Å². The summed E-state index contributed by atoms with van der Waals surface area (Å²) in [6.07, 6.45) is 4.38. The van der Waals surface area contributed by atoms with E-state index in [1.165, 1.54) is 4.88 Å². The Kier molecular flexibility index (Phi) is 7.49. The number of ether oxygens (including phenoxy) is 2. The molecule has 5 rings (SSSR count). The molecule has 1 unspecified atom stereocenters. The van der Waals surface area contributed by atoms with Crippen LogP contribution in [0.25, 0.3) is 10.9 Å². The number of carbonyl (C=O) groups is 1. The summed E-state index contributed by atoms with van der Waals surface area (Å²) in [6.45, 7) is 2.11. The minimum Gasteiger partial charge on any atom is -0.493 e. The highest BCUT2D eigenvalue weighted by Gasteiger charge is 2.26. The van der Waals surface area contributed by atoms with Gasteiger partial charge in [0.15, 0.2) is 0 Å². The fourth-order valence-electron chi connectivity index (χ4n) is 4.69. The highest BCUT2D eigenvalue weighted by atomic mass is 32.1. The lowest BCUT2D eigenvalue weighted by molar-refractivity contribution is 0.0505. The molecule has 7 heteroatoms. The number of pyridine rings is 1. The first kappa shape index (κ1) is 24.3. The van der Waals surface area contributed by atoms with Gasteiger partial charge in [-0.15, -0.1) is 11.3 Å². The van der Waals surface area contributed by atoms with Crippen molar-refractivity contribution in [3.05, 3.63) is 98.5 Å². The second-order valence-electron chi connectivity index (χ2n) is 9.15. The molecular formula is C29H30N2O4S. The van der Waals surface area contributed by atoms with E-state index in [1.807, 2.05) is 60.1 Å². The van der Waals surface area contributed by atoms with Gasteiger partial charge in [0, 0.05) is 49.6 Å². The van der Waals surface area contributed by atoms with Gasteiger partial charge in [0.25, 0.3) is 5.91 Å². The molecule has 0 saturated carbocycles. The molecular weight excluding hydrogens is 472 g/mol. The molecule has 4 aromatic rings. The molecule has 3 heterocycles. The summed E-state index contributed by atoms with van der Waals surface area (Å²) in [5.74, 6) is 0.496. The summed E-state index contributed by atoms with van der Waals surface area (Å²) in [5, 5.41) is 2.61. The lowest BCUT2D eigenvalue weighted by atomic mass is 10.1. The van der Waals surface area contributed by atoms with E-state index in [-0.39, 0.29) is 23.0 Å². The zero-order valence-electron chi connectivity index (χ0n) is 20.4. The zero-order valence-corrected chi connectivity index (χ0v) is 21.2.